The Bertz CT molecular complexity index is 1200. The van der Waals surface area contributed by atoms with Crippen molar-refractivity contribution < 1.29 is 13.6 Å². The Morgan fingerprint density at radius 1 is 1.07 bits per heavy atom. The predicted molar refractivity (Wildman–Crippen MR) is 112 cm³/mol. The summed E-state index contributed by atoms with van der Waals surface area (Å²) in [4.78, 5) is 19.3. The first-order chi connectivity index (χ1) is 14.0. The number of hydrogen-bond acceptors (Lipinski definition) is 3. The second-order valence-electron chi connectivity index (χ2n) is 7.18. The van der Waals surface area contributed by atoms with Crippen LogP contribution in [-0.2, 0) is 6.54 Å². The third kappa shape index (κ3) is 3.51. The molecule has 0 saturated heterocycles. The van der Waals surface area contributed by atoms with Gasteiger partial charge in [-0.3, -0.25) is 9.69 Å². The van der Waals surface area contributed by atoms with Gasteiger partial charge in [-0.25, -0.2) is 9.37 Å². The number of hydrogen-bond donors (Lipinski definition) is 0. The van der Waals surface area contributed by atoms with Crippen LogP contribution < -0.4 is 4.90 Å². The first-order valence-corrected chi connectivity index (χ1v) is 9.42. The van der Waals surface area contributed by atoms with Crippen molar-refractivity contribution in [1.29, 1.82) is 0 Å². The molecule has 0 N–H and O–H groups in total. The third-order valence-corrected chi connectivity index (χ3v) is 5.02. The Morgan fingerprint density at radius 3 is 2.55 bits per heavy atom. The summed E-state index contributed by atoms with van der Waals surface area (Å²) in [6, 6.07) is 15.7. The van der Waals surface area contributed by atoms with Gasteiger partial charge in [0.2, 0.25) is 0 Å². The van der Waals surface area contributed by atoms with Crippen LogP contribution in [0.4, 0.5) is 10.2 Å². The summed E-state index contributed by atoms with van der Waals surface area (Å²) in [5, 5.41) is 0.936. The summed E-state index contributed by atoms with van der Waals surface area (Å²) in [6.45, 7) is 5.92. The van der Waals surface area contributed by atoms with Gasteiger partial charge in [0.15, 0.2) is 5.76 Å². The van der Waals surface area contributed by atoms with Gasteiger partial charge in [0, 0.05) is 22.7 Å². The summed E-state index contributed by atoms with van der Waals surface area (Å²) in [5.74, 6) is -0.0315. The fourth-order valence-corrected chi connectivity index (χ4v) is 3.68. The van der Waals surface area contributed by atoms with Gasteiger partial charge in [0.25, 0.3) is 5.91 Å². The van der Waals surface area contributed by atoms with E-state index < -0.39 is 0 Å². The van der Waals surface area contributed by atoms with Crippen LogP contribution in [0, 0.1) is 26.6 Å². The first kappa shape index (κ1) is 18.9. The zero-order chi connectivity index (χ0) is 20.5. The van der Waals surface area contributed by atoms with Crippen molar-refractivity contribution in [3.8, 4) is 0 Å². The lowest BCUT2D eigenvalue weighted by Gasteiger charge is -2.21. The van der Waals surface area contributed by atoms with E-state index in [1.807, 2.05) is 26.8 Å². The van der Waals surface area contributed by atoms with Gasteiger partial charge in [0.05, 0.1) is 6.54 Å². The Hall–Kier alpha value is -3.47. The Morgan fingerprint density at radius 2 is 1.83 bits per heavy atom. The highest BCUT2D eigenvalue weighted by Crippen LogP contribution is 2.31. The molecule has 0 saturated carbocycles. The number of aryl methyl sites for hydroxylation is 3. The van der Waals surface area contributed by atoms with Crippen LogP contribution in [0.5, 0.6) is 0 Å². The topological polar surface area (TPSA) is 46.3 Å². The van der Waals surface area contributed by atoms with Crippen LogP contribution in [0.25, 0.3) is 11.0 Å². The number of anilines is 1. The van der Waals surface area contributed by atoms with E-state index in [1.165, 1.54) is 11.0 Å². The lowest BCUT2D eigenvalue weighted by molar-refractivity contribution is 0.0958. The Kier molecular flexibility index (Phi) is 4.89. The van der Waals surface area contributed by atoms with E-state index >= 15 is 0 Å². The minimum atomic E-state index is -0.367. The molecule has 146 valence electrons. The SMILES string of the molecule is Cc1cc(C)c2c(C)c(C(=O)N(Cc3ccccc3F)c3ccccn3)oc2c1. The minimum Gasteiger partial charge on any atom is -0.451 e. The number of carbonyl (C=O) groups excluding carboxylic acids is 1. The van der Waals surface area contributed by atoms with Crippen molar-refractivity contribution in [1.82, 2.24) is 4.98 Å². The minimum absolute atomic E-state index is 0.0526. The van der Waals surface area contributed by atoms with Crippen LogP contribution in [0.3, 0.4) is 0 Å². The molecule has 0 atom stereocenters. The zero-order valence-corrected chi connectivity index (χ0v) is 16.6. The fourth-order valence-electron chi connectivity index (χ4n) is 3.68. The molecular formula is C24H21FN2O2. The standard InChI is InChI=1S/C24H21FN2O2/c1-15-12-16(2)22-17(3)23(29-20(22)13-15)24(28)27(21-10-6-7-11-26-21)14-18-8-4-5-9-19(18)25/h4-13H,14H2,1-3H3. The van der Waals surface area contributed by atoms with Crippen molar-refractivity contribution in [3.63, 3.8) is 0 Å². The lowest BCUT2D eigenvalue weighted by atomic mass is 10.0. The van der Waals surface area contributed by atoms with E-state index in [9.17, 15) is 9.18 Å². The third-order valence-electron chi connectivity index (χ3n) is 5.02. The molecule has 0 aliphatic rings. The molecule has 29 heavy (non-hydrogen) atoms. The molecule has 4 nitrogen and oxygen atoms in total. The molecule has 0 aliphatic carbocycles. The molecule has 2 heterocycles. The molecule has 0 spiro atoms. The molecule has 2 aromatic heterocycles. The normalized spacial score (nSPS) is 11.0. The largest absolute Gasteiger partial charge is 0.451 e. The number of nitrogens with zero attached hydrogens (tertiary/aromatic N) is 2. The Labute approximate surface area is 168 Å². The van der Waals surface area contributed by atoms with E-state index in [2.05, 4.69) is 11.1 Å². The number of rotatable bonds is 4. The molecule has 0 radical (unpaired) electrons. The number of aromatic nitrogens is 1. The van der Waals surface area contributed by atoms with Crippen molar-refractivity contribution >= 4 is 22.7 Å². The molecule has 5 heteroatoms. The highest BCUT2D eigenvalue weighted by molar-refractivity contribution is 6.07. The summed E-state index contributed by atoms with van der Waals surface area (Å²) in [7, 11) is 0. The van der Waals surface area contributed by atoms with E-state index in [1.54, 1.807) is 42.6 Å². The lowest BCUT2D eigenvalue weighted by Crippen LogP contribution is -2.31. The average molecular weight is 388 g/mol. The number of pyridine rings is 1. The smallest absolute Gasteiger partial charge is 0.295 e. The Balaban J connectivity index is 1.82. The number of furan rings is 1. The van der Waals surface area contributed by atoms with Crippen LogP contribution in [-0.4, -0.2) is 10.9 Å². The summed E-state index contributed by atoms with van der Waals surface area (Å²) < 4.78 is 20.3. The highest BCUT2D eigenvalue weighted by atomic mass is 19.1. The highest BCUT2D eigenvalue weighted by Gasteiger charge is 2.26. The van der Waals surface area contributed by atoms with Gasteiger partial charge in [-0.15, -0.1) is 0 Å². The summed E-state index contributed by atoms with van der Waals surface area (Å²) in [5.41, 5.74) is 3.98. The van der Waals surface area contributed by atoms with Crippen LogP contribution in [0.1, 0.15) is 32.8 Å². The van der Waals surface area contributed by atoms with E-state index in [0.29, 0.717) is 17.0 Å². The van der Waals surface area contributed by atoms with Gasteiger partial charge in [0.1, 0.15) is 17.2 Å². The molecular weight excluding hydrogens is 367 g/mol. The van der Waals surface area contributed by atoms with Crippen LogP contribution in [0.15, 0.2) is 65.2 Å². The van der Waals surface area contributed by atoms with Crippen molar-refractivity contribution in [3.05, 3.63) is 94.6 Å². The summed E-state index contributed by atoms with van der Waals surface area (Å²) in [6.07, 6.45) is 1.61. The maximum Gasteiger partial charge on any atom is 0.295 e. The quantitative estimate of drug-likeness (QED) is 0.448. The van der Waals surface area contributed by atoms with E-state index in [-0.39, 0.29) is 24.0 Å². The predicted octanol–water partition coefficient (Wildman–Crippen LogP) is 5.74. The molecule has 1 amide bonds. The number of benzene rings is 2. The van der Waals surface area contributed by atoms with Crippen molar-refractivity contribution in [2.24, 2.45) is 0 Å². The van der Waals surface area contributed by atoms with Crippen LogP contribution in [0.2, 0.25) is 0 Å². The number of amides is 1. The van der Waals surface area contributed by atoms with E-state index in [0.717, 1.165) is 22.1 Å². The van der Waals surface area contributed by atoms with E-state index in [4.69, 9.17) is 4.42 Å². The maximum atomic E-state index is 14.3. The number of carbonyl (C=O) groups is 1. The number of halogens is 1. The molecule has 2 aromatic carbocycles. The van der Waals surface area contributed by atoms with Crippen LogP contribution >= 0.6 is 0 Å². The van der Waals surface area contributed by atoms with Gasteiger partial charge in [-0.1, -0.05) is 30.3 Å². The maximum absolute atomic E-state index is 14.3. The number of fused-ring (bicyclic) bond motifs is 1. The van der Waals surface area contributed by atoms with Gasteiger partial charge in [-0.2, -0.15) is 0 Å². The second kappa shape index (κ2) is 7.51. The monoisotopic (exact) mass is 388 g/mol. The molecule has 4 aromatic rings. The fraction of sp³-hybridized carbons (Fsp3) is 0.167. The van der Waals surface area contributed by atoms with Gasteiger partial charge >= 0.3 is 0 Å². The molecule has 4 rings (SSSR count). The molecule has 0 fully saturated rings. The molecule has 0 aliphatic heterocycles. The summed E-state index contributed by atoms with van der Waals surface area (Å²) >= 11 is 0. The first-order valence-electron chi connectivity index (χ1n) is 9.42. The van der Waals surface area contributed by atoms with Crippen molar-refractivity contribution in [2.45, 2.75) is 27.3 Å². The zero-order valence-electron chi connectivity index (χ0n) is 16.6. The molecule has 0 bridgehead atoms. The molecule has 0 unspecified atom stereocenters. The van der Waals surface area contributed by atoms with Crippen molar-refractivity contribution in [2.75, 3.05) is 4.90 Å². The second-order valence-corrected chi connectivity index (χ2v) is 7.18. The van der Waals surface area contributed by atoms with Gasteiger partial charge in [-0.05, 0) is 56.2 Å². The van der Waals surface area contributed by atoms with Gasteiger partial charge < -0.3 is 4.42 Å². The average Bonchev–Trinajstić information content (AvgIpc) is 3.04.